The van der Waals surface area contributed by atoms with Gasteiger partial charge in [-0.05, 0) is 12.1 Å². The minimum atomic E-state index is -0.144. The molecule has 3 nitrogen and oxygen atoms in total. The van der Waals surface area contributed by atoms with Crippen molar-refractivity contribution in [3.05, 3.63) is 24.3 Å². The average Bonchev–Trinajstić information content (AvgIpc) is 2.26. The van der Waals surface area contributed by atoms with Gasteiger partial charge >= 0.3 is 0 Å². The van der Waals surface area contributed by atoms with Crippen molar-refractivity contribution in [1.82, 2.24) is 0 Å². The number of ether oxygens (including phenoxy) is 2. The summed E-state index contributed by atoms with van der Waals surface area (Å²) in [5.74, 6) is 1.13. The van der Waals surface area contributed by atoms with Crippen LogP contribution in [0.3, 0.4) is 0 Å². The van der Waals surface area contributed by atoms with E-state index < -0.39 is 0 Å². The van der Waals surface area contributed by atoms with Gasteiger partial charge in [0.1, 0.15) is 18.1 Å². The van der Waals surface area contributed by atoms with Crippen molar-refractivity contribution < 1.29 is 14.3 Å². The van der Waals surface area contributed by atoms with Crippen LogP contribution < -0.4 is 9.47 Å². The Labute approximate surface area is 87.6 Å². The van der Waals surface area contributed by atoms with Crippen molar-refractivity contribution in [2.24, 2.45) is 0 Å². The number of methoxy groups -OCH3 is 1. The lowest BCUT2D eigenvalue weighted by Gasteiger charge is -2.05. The van der Waals surface area contributed by atoms with Crippen molar-refractivity contribution in [1.29, 1.82) is 0 Å². The number of halogens is 1. The lowest BCUT2D eigenvalue weighted by Crippen LogP contribution is -2.12. The van der Waals surface area contributed by atoms with Gasteiger partial charge in [0.15, 0.2) is 5.78 Å². The summed E-state index contributed by atoms with van der Waals surface area (Å²) in [6.07, 6.45) is 0. The summed E-state index contributed by atoms with van der Waals surface area (Å²) in [6.45, 7) is -0.00331. The Kier molecular flexibility index (Phi) is 4.26. The molecule has 1 aromatic rings. The van der Waals surface area contributed by atoms with Crippen LogP contribution in [0.4, 0.5) is 0 Å². The van der Waals surface area contributed by atoms with Gasteiger partial charge in [0.2, 0.25) is 0 Å². The quantitative estimate of drug-likeness (QED) is 0.703. The first-order chi connectivity index (χ1) is 6.76. The lowest BCUT2D eigenvalue weighted by atomic mass is 10.3. The normalized spacial score (nSPS) is 9.57. The summed E-state index contributed by atoms with van der Waals surface area (Å²) in [7, 11) is 1.57. The van der Waals surface area contributed by atoms with E-state index in [1.807, 2.05) is 0 Å². The van der Waals surface area contributed by atoms with Gasteiger partial charge in [-0.2, -0.15) is 0 Å². The van der Waals surface area contributed by atoms with Gasteiger partial charge in [0.05, 0.1) is 13.0 Å². The number of carbonyl (C=O) groups excluding carboxylic acids is 1. The Morgan fingerprint density at radius 2 is 2.14 bits per heavy atom. The number of benzene rings is 1. The third-order valence-electron chi connectivity index (χ3n) is 1.59. The van der Waals surface area contributed by atoms with E-state index in [-0.39, 0.29) is 18.3 Å². The summed E-state index contributed by atoms with van der Waals surface area (Å²) in [4.78, 5) is 10.9. The molecule has 0 N–H and O–H groups in total. The van der Waals surface area contributed by atoms with Gasteiger partial charge in [-0.1, -0.05) is 6.07 Å². The van der Waals surface area contributed by atoms with Crippen LogP contribution in [-0.2, 0) is 4.79 Å². The van der Waals surface area contributed by atoms with Crippen LogP contribution in [0.5, 0.6) is 11.5 Å². The zero-order valence-electron chi connectivity index (χ0n) is 7.83. The fourth-order valence-electron chi connectivity index (χ4n) is 0.893. The van der Waals surface area contributed by atoms with Gasteiger partial charge in [0, 0.05) is 6.07 Å². The first-order valence-electron chi connectivity index (χ1n) is 4.11. The Bertz CT molecular complexity index is 312. The van der Waals surface area contributed by atoms with Gasteiger partial charge in [-0.3, -0.25) is 4.79 Å². The van der Waals surface area contributed by atoms with Crippen LogP contribution in [0.15, 0.2) is 24.3 Å². The molecule has 0 fully saturated rings. The first kappa shape index (κ1) is 10.9. The van der Waals surface area contributed by atoms with E-state index in [2.05, 4.69) is 0 Å². The molecule has 0 aromatic heterocycles. The van der Waals surface area contributed by atoms with Crippen molar-refractivity contribution in [3.63, 3.8) is 0 Å². The molecule has 0 saturated heterocycles. The maximum absolute atomic E-state index is 10.9. The average molecular weight is 215 g/mol. The van der Waals surface area contributed by atoms with Crippen LogP contribution in [-0.4, -0.2) is 25.4 Å². The first-order valence-corrected chi connectivity index (χ1v) is 4.64. The lowest BCUT2D eigenvalue weighted by molar-refractivity contribution is -0.118. The number of rotatable bonds is 5. The van der Waals surface area contributed by atoms with Crippen LogP contribution in [0.25, 0.3) is 0 Å². The number of ketones is 1. The Balaban J connectivity index is 2.54. The Morgan fingerprint density at radius 3 is 2.79 bits per heavy atom. The predicted molar refractivity (Wildman–Crippen MR) is 54.2 cm³/mol. The molecule has 14 heavy (non-hydrogen) atoms. The largest absolute Gasteiger partial charge is 0.497 e. The Morgan fingerprint density at radius 1 is 1.43 bits per heavy atom. The molecule has 0 aliphatic carbocycles. The highest BCUT2D eigenvalue weighted by Crippen LogP contribution is 2.18. The molecule has 0 atom stereocenters. The molecule has 0 spiro atoms. The van der Waals surface area contributed by atoms with Gasteiger partial charge in [0.25, 0.3) is 0 Å². The Hall–Kier alpha value is -1.22. The summed E-state index contributed by atoms with van der Waals surface area (Å²) in [5.41, 5.74) is 0. The van der Waals surface area contributed by atoms with Crippen LogP contribution in [0, 0.1) is 0 Å². The predicted octanol–water partition coefficient (Wildman–Crippen LogP) is 1.88. The second-order valence-corrected chi connectivity index (χ2v) is 2.91. The second-order valence-electron chi connectivity index (χ2n) is 2.64. The molecule has 0 aliphatic rings. The second kappa shape index (κ2) is 5.50. The summed E-state index contributed by atoms with van der Waals surface area (Å²) in [6, 6.07) is 7.06. The van der Waals surface area contributed by atoms with E-state index in [1.165, 1.54) is 0 Å². The van der Waals surface area contributed by atoms with Crippen LogP contribution >= 0.6 is 11.6 Å². The maximum Gasteiger partial charge on any atom is 0.184 e. The van der Waals surface area contributed by atoms with E-state index >= 15 is 0 Å². The van der Waals surface area contributed by atoms with Crippen LogP contribution in [0.1, 0.15) is 0 Å². The number of Topliss-reactive ketones (excluding diaryl/α,β-unsaturated/α-hetero) is 1. The molecule has 0 heterocycles. The zero-order valence-corrected chi connectivity index (χ0v) is 8.58. The molecular weight excluding hydrogens is 204 g/mol. The van der Waals surface area contributed by atoms with Crippen LogP contribution in [0.2, 0.25) is 0 Å². The molecule has 1 aromatic carbocycles. The summed E-state index contributed by atoms with van der Waals surface area (Å²) >= 11 is 5.32. The van der Waals surface area contributed by atoms with Crippen molar-refractivity contribution in [2.75, 3.05) is 19.6 Å². The maximum atomic E-state index is 10.9. The van der Waals surface area contributed by atoms with E-state index in [1.54, 1.807) is 31.4 Å². The standard InChI is InChI=1S/C10H11ClO3/c1-13-9-3-2-4-10(5-9)14-7-8(12)6-11/h2-5H,6-7H2,1H3. The molecule has 0 unspecified atom stereocenters. The van der Waals surface area contributed by atoms with E-state index in [0.29, 0.717) is 11.5 Å². The fraction of sp³-hybridized carbons (Fsp3) is 0.300. The molecule has 0 amide bonds. The number of hydrogen-bond acceptors (Lipinski definition) is 3. The molecule has 0 aliphatic heterocycles. The topological polar surface area (TPSA) is 35.5 Å². The molecule has 0 bridgehead atoms. The highest BCUT2D eigenvalue weighted by molar-refractivity contribution is 6.27. The van der Waals surface area contributed by atoms with Gasteiger partial charge < -0.3 is 9.47 Å². The van der Waals surface area contributed by atoms with E-state index in [0.717, 1.165) is 0 Å². The number of alkyl halides is 1. The molecule has 76 valence electrons. The minimum Gasteiger partial charge on any atom is -0.497 e. The highest BCUT2D eigenvalue weighted by Gasteiger charge is 2.01. The fourth-order valence-corrected chi connectivity index (χ4v) is 0.971. The third-order valence-corrected chi connectivity index (χ3v) is 1.89. The summed E-state index contributed by atoms with van der Waals surface area (Å²) in [5, 5.41) is 0. The molecule has 0 radical (unpaired) electrons. The van der Waals surface area contributed by atoms with E-state index in [9.17, 15) is 4.79 Å². The zero-order chi connectivity index (χ0) is 10.4. The van der Waals surface area contributed by atoms with E-state index in [4.69, 9.17) is 21.1 Å². The van der Waals surface area contributed by atoms with Crippen molar-refractivity contribution in [3.8, 4) is 11.5 Å². The minimum absolute atomic E-state index is 0.00331. The molecule has 0 saturated carbocycles. The monoisotopic (exact) mass is 214 g/mol. The number of hydrogen-bond donors (Lipinski definition) is 0. The molecule has 1 rings (SSSR count). The smallest absolute Gasteiger partial charge is 0.184 e. The molecular formula is C10H11ClO3. The SMILES string of the molecule is COc1cccc(OCC(=O)CCl)c1. The summed E-state index contributed by atoms with van der Waals surface area (Å²) < 4.78 is 10.2. The highest BCUT2D eigenvalue weighted by atomic mass is 35.5. The molecule has 4 heteroatoms. The number of carbonyl (C=O) groups is 1. The third kappa shape index (κ3) is 3.26. The van der Waals surface area contributed by atoms with Crippen molar-refractivity contribution >= 4 is 17.4 Å². The van der Waals surface area contributed by atoms with Crippen molar-refractivity contribution in [2.45, 2.75) is 0 Å². The van der Waals surface area contributed by atoms with Gasteiger partial charge in [-0.15, -0.1) is 11.6 Å². The van der Waals surface area contributed by atoms with Gasteiger partial charge in [-0.25, -0.2) is 0 Å².